The summed E-state index contributed by atoms with van der Waals surface area (Å²) in [4.78, 5) is 12.5. The molecule has 2 saturated heterocycles. The van der Waals surface area contributed by atoms with Crippen LogP contribution >= 0.6 is 0 Å². The Bertz CT molecular complexity index is 1230. The Morgan fingerprint density at radius 1 is 1.19 bits per heavy atom. The molecule has 2 fully saturated rings. The van der Waals surface area contributed by atoms with Crippen LogP contribution in [0.1, 0.15) is 31.0 Å². The van der Waals surface area contributed by atoms with Gasteiger partial charge in [0.15, 0.2) is 9.84 Å². The summed E-state index contributed by atoms with van der Waals surface area (Å²) in [7, 11) is -7.08. The average molecular weight is 485 g/mol. The van der Waals surface area contributed by atoms with Crippen molar-refractivity contribution in [2.45, 2.75) is 37.1 Å². The number of amides is 1. The van der Waals surface area contributed by atoms with Crippen LogP contribution in [0.2, 0.25) is 0 Å². The highest BCUT2D eigenvalue weighted by Crippen LogP contribution is 2.29. The summed E-state index contributed by atoms with van der Waals surface area (Å²) in [6, 6.07) is 6.61. The topological polar surface area (TPSA) is 118 Å². The van der Waals surface area contributed by atoms with Gasteiger partial charge in [0.1, 0.15) is 16.5 Å². The van der Waals surface area contributed by atoms with Crippen LogP contribution in [0.4, 0.5) is 10.2 Å². The fourth-order valence-corrected chi connectivity index (χ4v) is 7.46. The third-order valence-electron chi connectivity index (χ3n) is 5.94. The molecule has 2 aromatic rings. The predicted molar refractivity (Wildman–Crippen MR) is 116 cm³/mol. The lowest BCUT2D eigenvalue weighted by Crippen LogP contribution is -2.41. The molecule has 1 aromatic heterocycles. The van der Waals surface area contributed by atoms with Gasteiger partial charge in [0.2, 0.25) is 15.9 Å². The number of hydrogen-bond donors (Lipinski definition) is 1. The molecule has 1 N–H and O–H groups in total. The van der Waals surface area contributed by atoms with Crippen molar-refractivity contribution in [3.63, 3.8) is 0 Å². The maximum absolute atomic E-state index is 14.0. The number of rotatable bonds is 5. The molecule has 0 saturated carbocycles. The normalized spacial score (nSPS) is 22.1. The second-order valence-corrected chi connectivity index (χ2v) is 12.4. The number of hydrogen-bond acceptors (Lipinski definition) is 6. The number of sulfonamides is 1. The number of benzene rings is 1. The van der Waals surface area contributed by atoms with Gasteiger partial charge in [-0.25, -0.2) is 25.9 Å². The molecule has 0 radical (unpaired) electrons. The van der Waals surface area contributed by atoms with Gasteiger partial charge in [0.25, 0.3) is 0 Å². The minimum absolute atomic E-state index is 0.0106. The lowest BCUT2D eigenvalue weighted by molar-refractivity contribution is -0.121. The Morgan fingerprint density at radius 2 is 1.88 bits per heavy atom. The molecule has 4 rings (SSSR count). The number of aryl methyl sites for hydroxylation is 1. The van der Waals surface area contributed by atoms with Crippen molar-refractivity contribution in [1.29, 1.82) is 0 Å². The molecule has 1 aromatic carbocycles. The van der Waals surface area contributed by atoms with Crippen LogP contribution < -0.4 is 5.32 Å². The Hall–Kier alpha value is -2.31. The van der Waals surface area contributed by atoms with Crippen molar-refractivity contribution >= 4 is 31.6 Å². The summed E-state index contributed by atoms with van der Waals surface area (Å²) in [5.74, 6) is -0.962. The summed E-state index contributed by atoms with van der Waals surface area (Å²) < 4.78 is 65.9. The average Bonchev–Trinajstić information content (AvgIpc) is 3.29. The molecule has 12 heteroatoms. The molecule has 1 amide bonds. The lowest BCUT2D eigenvalue weighted by atomic mass is 9.97. The maximum atomic E-state index is 14.0. The molecule has 0 aliphatic carbocycles. The van der Waals surface area contributed by atoms with Gasteiger partial charge in [-0.05, 0) is 38.3 Å². The van der Waals surface area contributed by atoms with Crippen LogP contribution in [0.15, 0.2) is 35.2 Å². The minimum Gasteiger partial charge on any atom is -0.311 e. The summed E-state index contributed by atoms with van der Waals surface area (Å²) in [6.07, 6.45) is 1.04. The lowest BCUT2D eigenvalue weighted by Gasteiger charge is -2.30. The van der Waals surface area contributed by atoms with E-state index in [9.17, 15) is 26.0 Å². The van der Waals surface area contributed by atoms with Crippen molar-refractivity contribution < 1.29 is 26.0 Å². The number of nitrogens with zero attached hydrogens (tertiary/aromatic N) is 3. The fraction of sp³-hybridized carbons (Fsp3) is 0.500. The SMILES string of the molecule is Cc1cc(NC(=O)C2CCN(S(=O)(=O)c3ccccc3F)CC2)n(C2CCS(=O)(=O)C2)n1. The van der Waals surface area contributed by atoms with Gasteiger partial charge >= 0.3 is 0 Å². The third-order valence-corrected chi connectivity index (χ3v) is 9.62. The van der Waals surface area contributed by atoms with Crippen molar-refractivity contribution in [2.75, 3.05) is 29.9 Å². The van der Waals surface area contributed by atoms with Crippen LogP contribution in [0.3, 0.4) is 0 Å². The zero-order chi connectivity index (χ0) is 23.1. The smallest absolute Gasteiger partial charge is 0.245 e. The van der Waals surface area contributed by atoms with E-state index >= 15 is 0 Å². The minimum atomic E-state index is -3.97. The second kappa shape index (κ2) is 8.56. The standard InChI is InChI=1S/C20H25FN4O5S2/c1-14-12-19(25(23-14)16-8-11-31(27,28)13-16)22-20(26)15-6-9-24(10-7-15)32(29,30)18-5-3-2-4-17(18)21/h2-5,12,15-16H,6-11,13H2,1H3,(H,22,26). The fourth-order valence-electron chi connectivity index (χ4n) is 4.24. The first kappa shape index (κ1) is 22.9. The first-order valence-corrected chi connectivity index (χ1v) is 13.6. The number of nitrogens with one attached hydrogen (secondary N) is 1. The van der Waals surface area contributed by atoms with E-state index in [1.54, 1.807) is 17.7 Å². The molecule has 0 spiro atoms. The maximum Gasteiger partial charge on any atom is 0.245 e. The zero-order valence-corrected chi connectivity index (χ0v) is 19.2. The van der Waals surface area contributed by atoms with E-state index in [0.717, 1.165) is 6.07 Å². The highest BCUT2D eigenvalue weighted by molar-refractivity contribution is 7.91. The van der Waals surface area contributed by atoms with E-state index in [-0.39, 0.29) is 41.4 Å². The number of piperidine rings is 1. The molecule has 2 aliphatic heterocycles. The first-order valence-electron chi connectivity index (χ1n) is 10.4. The molecule has 2 aliphatic rings. The van der Waals surface area contributed by atoms with Gasteiger partial charge in [-0.1, -0.05) is 12.1 Å². The van der Waals surface area contributed by atoms with Crippen LogP contribution in [-0.4, -0.2) is 61.4 Å². The molecule has 9 nitrogen and oxygen atoms in total. The van der Waals surface area contributed by atoms with Crippen LogP contribution in [0.5, 0.6) is 0 Å². The van der Waals surface area contributed by atoms with Crippen molar-refractivity contribution in [3.05, 3.63) is 41.8 Å². The van der Waals surface area contributed by atoms with E-state index in [4.69, 9.17) is 0 Å². The largest absolute Gasteiger partial charge is 0.311 e. The van der Waals surface area contributed by atoms with Gasteiger partial charge in [0, 0.05) is 25.1 Å². The molecule has 32 heavy (non-hydrogen) atoms. The summed E-state index contributed by atoms with van der Waals surface area (Å²) in [6.45, 7) is 1.98. The van der Waals surface area contributed by atoms with Gasteiger partial charge in [-0.3, -0.25) is 4.79 Å². The second-order valence-electron chi connectivity index (χ2n) is 8.27. The molecule has 3 heterocycles. The quantitative estimate of drug-likeness (QED) is 0.691. The van der Waals surface area contributed by atoms with Gasteiger partial charge < -0.3 is 5.32 Å². The summed E-state index contributed by atoms with van der Waals surface area (Å²) in [5.41, 5.74) is 0.662. The van der Waals surface area contributed by atoms with Crippen LogP contribution in [-0.2, 0) is 24.7 Å². The highest BCUT2D eigenvalue weighted by atomic mass is 32.2. The molecule has 0 bridgehead atoms. The van der Waals surface area contributed by atoms with E-state index in [0.29, 0.717) is 30.8 Å². The Morgan fingerprint density at radius 3 is 2.50 bits per heavy atom. The molecular weight excluding hydrogens is 459 g/mol. The number of carbonyl (C=O) groups is 1. The molecular formula is C20H25FN4O5S2. The van der Waals surface area contributed by atoms with E-state index in [2.05, 4.69) is 10.4 Å². The first-order chi connectivity index (χ1) is 15.1. The number of halogens is 1. The summed E-state index contributed by atoms with van der Waals surface area (Å²) >= 11 is 0. The van der Waals surface area contributed by atoms with E-state index in [1.165, 1.54) is 22.5 Å². The number of carbonyl (C=O) groups excluding carboxylic acids is 1. The predicted octanol–water partition coefficient (Wildman–Crippen LogP) is 1.73. The number of sulfone groups is 1. The highest BCUT2D eigenvalue weighted by Gasteiger charge is 2.35. The van der Waals surface area contributed by atoms with Crippen molar-refractivity contribution in [2.24, 2.45) is 5.92 Å². The Labute approximate surface area is 186 Å². The van der Waals surface area contributed by atoms with E-state index in [1.807, 2.05) is 0 Å². The van der Waals surface area contributed by atoms with E-state index < -0.39 is 31.6 Å². The number of anilines is 1. The Kier molecular flexibility index (Phi) is 6.12. The van der Waals surface area contributed by atoms with Gasteiger partial charge in [-0.15, -0.1) is 0 Å². The zero-order valence-electron chi connectivity index (χ0n) is 17.6. The Balaban J connectivity index is 1.41. The summed E-state index contributed by atoms with van der Waals surface area (Å²) in [5, 5.41) is 7.20. The monoisotopic (exact) mass is 484 g/mol. The van der Waals surface area contributed by atoms with Crippen molar-refractivity contribution in [3.8, 4) is 0 Å². The third kappa shape index (κ3) is 4.57. The van der Waals surface area contributed by atoms with Crippen LogP contribution in [0.25, 0.3) is 0 Å². The van der Waals surface area contributed by atoms with Crippen molar-refractivity contribution in [1.82, 2.24) is 14.1 Å². The van der Waals surface area contributed by atoms with Gasteiger partial charge in [0.05, 0.1) is 23.2 Å². The van der Waals surface area contributed by atoms with Crippen LogP contribution in [0, 0.1) is 18.7 Å². The molecule has 1 unspecified atom stereocenters. The van der Waals surface area contributed by atoms with Gasteiger partial charge in [-0.2, -0.15) is 9.40 Å². The number of aromatic nitrogens is 2. The molecule has 174 valence electrons. The molecule has 1 atom stereocenters.